The van der Waals surface area contributed by atoms with E-state index < -0.39 is 0 Å². The van der Waals surface area contributed by atoms with Gasteiger partial charge in [-0.05, 0) is 6.07 Å². The molecule has 0 aliphatic rings. The van der Waals surface area contributed by atoms with Gasteiger partial charge in [-0.2, -0.15) is 4.73 Å². The Morgan fingerprint density at radius 2 is 2.00 bits per heavy atom. The molecule has 0 saturated heterocycles. The highest BCUT2D eigenvalue weighted by Crippen LogP contribution is 2.16. The second-order valence-electron chi connectivity index (χ2n) is 3.12. The number of nitrogens with zero attached hydrogens (tertiary/aromatic N) is 3. The Morgan fingerprint density at radius 1 is 1.31 bits per heavy atom. The lowest BCUT2D eigenvalue weighted by Gasteiger charge is -2.04. The van der Waals surface area contributed by atoms with Crippen LogP contribution in [-0.2, 0) is 0 Å². The number of ether oxygens (including phenoxy) is 1. The molecule has 5 nitrogen and oxygen atoms in total. The average molecular weight is 238 g/mol. The first-order valence-electron chi connectivity index (χ1n) is 4.50. The Balaban J connectivity index is 2.20. The van der Waals surface area contributed by atoms with Gasteiger partial charge in [0.1, 0.15) is 0 Å². The van der Waals surface area contributed by atoms with Crippen molar-refractivity contribution in [1.29, 1.82) is 0 Å². The SMILES string of the molecule is Cc1ccc(Oc2ncc(Cl)cn2)c[n+]1[O-]. The summed E-state index contributed by atoms with van der Waals surface area (Å²) in [7, 11) is 0. The number of pyridine rings is 1. The van der Waals surface area contributed by atoms with Gasteiger partial charge in [0, 0.05) is 13.0 Å². The predicted octanol–water partition coefficient (Wildman–Crippen LogP) is 1.86. The zero-order chi connectivity index (χ0) is 11.5. The molecule has 0 atom stereocenters. The van der Waals surface area contributed by atoms with Gasteiger partial charge in [0.15, 0.2) is 11.4 Å². The van der Waals surface area contributed by atoms with Crippen molar-refractivity contribution < 1.29 is 9.47 Å². The largest absolute Gasteiger partial charge is 0.618 e. The van der Waals surface area contributed by atoms with Crippen LogP contribution in [0.1, 0.15) is 5.69 Å². The van der Waals surface area contributed by atoms with E-state index in [2.05, 4.69) is 9.97 Å². The molecule has 0 N–H and O–H groups in total. The lowest BCUT2D eigenvalue weighted by atomic mass is 10.4. The monoisotopic (exact) mass is 237 g/mol. The van der Waals surface area contributed by atoms with Gasteiger partial charge in [0.25, 0.3) is 0 Å². The van der Waals surface area contributed by atoms with Crippen LogP contribution in [0.4, 0.5) is 0 Å². The molecule has 0 spiro atoms. The third-order valence-electron chi connectivity index (χ3n) is 1.89. The van der Waals surface area contributed by atoms with Gasteiger partial charge < -0.3 is 9.94 Å². The quantitative estimate of drug-likeness (QED) is 0.591. The van der Waals surface area contributed by atoms with Gasteiger partial charge in [0.05, 0.1) is 17.4 Å². The van der Waals surface area contributed by atoms with Crippen molar-refractivity contribution >= 4 is 11.6 Å². The third kappa shape index (κ3) is 2.38. The van der Waals surface area contributed by atoms with E-state index >= 15 is 0 Å². The molecule has 2 aromatic rings. The van der Waals surface area contributed by atoms with Gasteiger partial charge in [-0.1, -0.05) is 11.6 Å². The predicted molar refractivity (Wildman–Crippen MR) is 57.3 cm³/mol. The van der Waals surface area contributed by atoms with E-state index in [4.69, 9.17) is 16.3 Å². The highest BCUT2D eigenvalue weighted by atomic mass is 35.5. The van der Waals surface area contributed by atoms with Crippen molar-refractivity contribution in [2.75, 3.05) is 0 Å². The maximum atomic E-state index is 11.3. The van der Waals surface area contributed by atoms with Crippen molar-refractivity contribution in [3.63, 3.8) is 0 Å². The first-order valence-corrected chi connectivity index (χ1v) is 4.88. The van der Waals surface area contributed by atoms with Crippen LogP contribution in [0.15, 0.2) is 30.7 Å². The van der Waals surface area contributed by atoms with E-state index in [0.29, 0.717) is 21.2 Å². The molecule has 0 bridgehead atoms. The zero-order valence-corrected chi connectivity index (χ0v) is 9.18. The molecule has 2 aromatic heterocycles. The molecule has 6 heteroatoms. The van der Waals surface area contributed by atoms with Gasteiger partial charge in [-0.25, -0.2) is 9.97 Å². The van der Waals surface area contributed by atoms with E-state index in [9.17, 15) is 5.21 Å². The summed E-state index contributed by atoms with van der Waals surface area (Å²) in [5, 5.41) is 11.7. The van der Waals surface area contributed by atoms with Crippen LogP contribution >= 0.6 is 11.6 Å². The lowest BCUT2D eigenvalue weighted by molar-refractivity contribution is -0.612. The molecular weight excluding hydrogens is 230 g/mol. The van der Waals surface area contributed by atoms with Crippen molar-refractivity contribution in [2.24, 2.45) is 0 Å². The number of aromatic nitrogens is 3. The van der Waals surface area contributed by atoms with Crippen LogP contribution in [0, 0.1) is 12.1 Å². The molecule has 0 aromatic carbocycles. The number of rotatable bonds is 2. The standard InChI is InChI=1S/C10H8ClN3O2/c1-7-2-3-9(6-14(7)15)16-10-12-4-8(11)5-13-10/h2-6H,1H3. The molecular formula is C10H8ClN3O2. The molecule has 0 fully saturated rings. The maximum absolute atomic E-state index is 11.3. The van der Waals surface area contributed by atoms with E-state index in [1.54, 1.807) is 19.1 Å². The van der Waals surface area contributed by atoms with Crippen LogP contribution < -0.4 is 9.47 Å². The van der Waals surface area contributed by atoms with Gasteiger partial charge in [-0.15, -0.1) is 0 Å². The van der Waals surface area contributed by atoms with Gasteiger partial charge in [-0.3, -0.25) is 0 Å². The van der Waals surface area contributed by atoms with Crippen molar-refractivity contribution in [3.05, 3.63) is 46.6 Å². The summed E-state index contributed by atoms with van der Waals surface area (Å²) in [5.74, 6) is 0.378. The Kier molecular flexibility index (Phi) is 2.87. The molecule has 16 heavy (non-hydrogen) atoms. The highest BCUT2D eigenvalue weighted by molar-refractivity contribution is 6.30. The van der Waals surface area contributed by atoms with E-state index in [-0.39, 0.29) is 6.01 Å². The summed E-state index contributed by atoms with van der Waals surface area (Å²) in [4.78, 5) is 7.70. The summed E-state index contributed by atoms with van der Waals surface area (Å²) >= 11 is 5.63. The average Bonchev–Trinajstić information content (AvgIpc) is 2.27. The van der Waals surface area contributed by atoms with Crippen LogP contribution in [0.5, 0.6) is 11.8 Å². The summed E-state index contributed by atoms with van der Waals surface area (Å²) in [5.41, 5.74) is 0.587. The minimum atomic E-state index is 0.147. The fourth-order valence-corrected chi connectivity index (χ4v) is 1.15. The number of hydrogen-bond acceptors (Lipinski definition) is 4. The third-order valence-corrected chi connectivity index (χ3v) is 2.08. The molecule has 2 heterocycles. The Bertz CT molecular complexity index is 502. The zero-order valence-electron chi connectivity index (χ0n) is 8.42. The Morgan fingerprint density at radius 3 is 2.62 bits per heavy atom. The molecule has 0 aliphatic heterocycles. The molecule has 2 rings (SSSR count). The minimum absolute atomic E-state index is 0.147. The van der Waals surface area contributed by atoms with E-state index in [1.807, 2.05) is 0 Å². The highest BCUT2D eigenvalue weighted by Gasteiger charge is 2.05. The molecule has 0 radical (unpaired) electrons. The van der Waals surface area contributed by atoms with Crippen molar-refractivity contribution in [1.82, 2.24) is 9.97 Å². The summed E-state index contributed by atoms with van der Waals surface area (Å²) in [6.07, 6.45) is 4.15. The molecule has 0 saturated carbocycles. The second-order valence-corrected chi connectivity index (χ2v) is 3.55. The Labute approximate surface area is 96.9 Å². The Hall–Kier alpha value is -1.88. The molecule has 82 valence electrons. The van der Waals surface area contributed by atoms with E-state index in [1.165, 1.54) is 18.6 Å². The molecule has 0 aliphatic carbocycles. The van der Waals surface area contributed by atoms with Crippen LogP contribution in [-0.4, -0.2) is 9.97 Å². The van der Waals surface area contributed by atoms with Crippen LogP contribution in [0.2, 0.25) is 5.02 Å². The minimum Gasteiger partial charge on any atom is -0.618 e. The number of halogens is 1. The number of hydrogen-bond donors (Lipinski definition) is 0. The van der Waals surface area contributed by atoms with E-state index in [0.717, 1.165) is 0 Å². The summed E-state index contributed by atoms with van der Waals surface area (Å²) in [6.45, 7) is 1.70. The van der Waals surface area contributed by atoms with Crippen LogP contribution in [0.3, 0.4) is 0 Å². The fraction of sp³-hybridized carbons (Fsp3) is 0.100. The van der Waals surface area contributed by atoms with Crippen LogP contribution in [0.25, 0.3) is 0 Å². The fourth-order valence-electron chi connectivity index (χ4n) is 1.06. The molecule has 0 amide bonds. The second kappa shape index (κ2) is 4.32. The van der Waals surface area contributed by atoms with Gasteiger partial charge in [0.2, 0.25) is 6.20 Å². The summed E-state index contributed by atoms with van der Waals surface area (Å²) < 4.78 is 5.98. The van der Waals surface area contributed by atoms with Crippen molar-refractivity contribution in [3.8, 4) is 11.8 Å². The first-order chi connectivity index (χ1) is 7.65. The molecule has 0 unspecified atom stereocenters. The number of aryl methyl sites for hydroxylation is 1. The topological polar surface area (TPSA) is 62.0 Å². The van der Waals surface area contributed by atoms with Crippen molar-refractivity contribution in [2.45, 2.75) is 6.92 Å². The normalized spacial score (nSPS) is 10.1. The lowest BCUT2D eigenvalue weighted by Crippen LogP contribution is -2.28. The summed E-state index contributed by atoms with van der Waals surface area (Å²) in [6, 6.07) is 3.47. The maximum Gasteiger partial charge on any atom is 0.322 e. The van der Waals surface area contributed by atoms with Gasteiger partial charge >= 0.3 is 6.01 Å². The smallest absolute Gasteiger partial charge is 0.322 e. The first kappa shape index (κ1) is 10.6.